The van der Waals surface area contributed by atoms with Crippen molar-refractivity contribution in [3.8, 4) is 11.1 Å². The van der Waals surface area contributed by atoms with Crippen LogP contribution < -0.4 is 5.32 Å². The highest BCUT2D eigenvalue weighted by molar-refractivity contribution is 7.14. The van der Waals surface area contributed by atoms with E-state index in [-0.39, 0.29) is 23.4 Å². The average molecular weight is 499 g/mol. The van der Waals surface area contributed by atoms with E-state index < -0.39 is 42.9 Å². The molecule has 2 heterocycles. The number of benzene rings is 2. The zero-order valence-electron chi connectivity index (χ0n) is 18.1. The molecule has 11 heteroatoms. The normalized spacial score (nSPS) is 18.1. The minimum absolute atomic E-state index is 0.0309. The standard InChI is InChI=1S/C24H19F2N3O5S/c25-24(26)9-19(21(31)32)29(12-24)20(30)18-11-35-22(27-18)28-23(33)34-10-17-15-7-3-1-5-13(15)14-6-2-4-8-16(14)17/h1-8,11,17,19H,9-10,12H2,(H,31,32)(H,27,28,33). The summed E-state index contributed by atoms with van der Waals surface area (Å²) in [6.45, 7) is -0.921. The quantitative estimate of drug-likeness (QED) is 0.537. The van der Waals surface area contributed by atoms with Crippen LogP contribution >= 0.6 is 11.3 Å². The number of aromatic nitrogens is 1. The lowest BCUT2D eigenvalue weighted by molar-refractivity contribution is -0.141. The molecule has 1 saturated heterocycles. The first-order valence-electron chi connectivity index (χ1n) is 10.7. The number of hydrogen-bond acceptors (Lipinski definition) is 6. The van der Waals surface area contributed by atoms with Gasteiger partial charge < -0.3 is 14.7 Å². The maximum atomic E-state index is 13.7. The molecule has 180 valence electrons. The van der Waals surface area contributed by atoms with Crippen LogP contribution in [0.4, 0.5) is 18.7 Å². The molecule has 0 spiro atoms. The Kier molecular flexibility index (Phi) is 5.72. The maximum Gasteiger partial charge on any atom is 0.413 e. The molecule has 2 amide bonds. The molecule has 35 heavy (non-hydrogen) atoms. The van der Waals surface area contributed by atoms with Gasteiger partial charge in [0.1, 0.15) is 18.3 Å². The van der Waals surface area contributed by atoms with E-state index in [4.69, 9.17) is 4.74 Å². The highest BCUT2D eigenvalue weighted by atomic mass is 32.1. The molecule has 1 fully saturated rings. The minimum Gasteiger partial charge on any atom is -0.480 e. The van der Waals surface area contributed by atoms with Crippen LogP contribution in [0.15, 0.2) is 53.9 Å². The number of likely N-dealkylation sites (tertiary alicyclic amines) is 1. The number of anilines is 1. The fraction of sp³-hybridized carbons (Fsp3) is 0.250. The Morgan fingerprint density at radius 2 is 1.74 bits per heavy atom. The molecular formula is C24H19F2N3O5S. The zero-order chi connectivity index (χ0) is 24.7. The number of carbonyl (C=O) groups excluding carboxylic acids is 2. The summed E-state index contributed by atoms with van der Waals surface area (Å²) in [5.41, 5.74) is 4.06. The van der Waals surface area contributed by atoms with Gasteiger partial charge in [-0.15, -0.1) is 11.3 Å². The van der Waals surface area contributed by atoms with Crippen LogP contribution in [0.25, 0.3) is 11.1 Å². The Morgan fingerprint density at radius 3 is 2.37 bits per heavy atom. The number of carbonyl (C=O) groups is 3. The third-order valence-corrected chi connectivity index (χ3v) is 6.85. The van der Waals surface area contributed by atoms with E-state index in [0.717, 1.165) is 33.6 Å². The lowest BCUT2D eigenvalue weighted by Crippen LogP contribution is -2.40. The Bertz CT molecular complexity index is 1280. The van der Waals surface area contributed by atoms with E-state index in [0.29, 0.717) is 4.90 Å². The van der Waals surface area contributed by atoms with Crippen molar-refractivity contribution in [3.63, 3.8) is 0 Å². The van der Waals surface area contributed by atoms with E-state index in [9.17, 15) is 28.3 Å². The lowest BCUT2D eigenvalue weighted by Gasteiger charge is -2.19. The number of hydrogen-bond donors (Lipinski definition) is 2. The number of amides is 2. The molecule has 1 aliphatic carbocycles. The number of rotatable bonds is 5. The predicted octanol–water partition coefficient (Wildman–Crippen LogP) is 4.44. The smallest absolute Gasteiger partial charge is 0.413 e. The number of aliphatic carboxylic acids is 1. The zero-order valence-corrected chi connectivity index (χ0v) is 18.9. The van der Waals surface area contributed by atoms with Crippen molar-refractivity contribution in [2.45, 2.75) is 24.3 Å². The van der Waals surface area contributed by atoms with Crippen LogP contribution in [0, 0.1) is 0 Å². The number of alkyl halides is 2. The molecule has 5 rings (SSSR count). The van der Waals surface area contributed by atoms with Gasteiger partial charge in [-0.1, -0.05) is 48.5 Å². The van der Waals surface area contributed by atoms with Gasteiger partial charge in [-0.25, -0.2) is 23.4 Å². The minimum atomic E-state index is -3.29. The van der Waals surface area contributed by atoms with Crippen LogP contribution in [-0.2, 0) is 9.53 Å². The molecule has 0 bridgehead atoms. The second-order valence-electron chi connectivity index (χ2n) is 8.34. The molecule has 3 aromatic rings. The van der Waals surface area contributed by atoms with Crippen molar-refractivity contribution in [1.29, 1.82) is 0 Å². The van der Waals surface area contributed by atoms with Crippen LogP contribution in [0.3, 0.4) is 0 Å². The number of ether oxygens (including phenoxy) is 1. The number of carboxylic acid groups (broad SMARTS) is 1. The molecule has 0 radical (unpaired) electrons. The molecule has 1 atom stereocenters. The van der Waals surface area contributed by atoms with Gasteiger partial charge in [-0.05, 0) is 22.3 Å². The van der Waals surface area contributed by atoms with Crippen molar-refractivity contribution in [1.82, 2.24) is 9.88 Å². The van der Waals surface area contributed by atoms with Crippen molar-refractivity contribution < 1.29 is 33.0 Å². The topological polar surface area (TPSA) is 109 Å². The monoisotopic (exact) mass is 499 g/mol. The van der Waals surface area contributed by atoms with Crippen LogP contribution in [0.1, 0.15) is 34.0 Å². The summed E-state index contributed by atoms with van der Waals surface area (Å²) >= 11 is 0.904. The van der Waals surface area contributed by atoms with Gasteiger partial charge in [0.15, 0.2) is 5.13 Å². The van der Waals surface area contributed by atoms with Gasteiger partial charge in [0.2, 0.25) is 0 Å². The third kappa shape index (κ3) is 4.34. The van der Waals surface area contributed by atoms with Gasteiger partial charge >= 0.3 is 12.1 Å². The number of halogens is 2. The molecule has 2 aromatic carbocycles. The first kappa shape index (κ1) is 22.9. The van der Waals surface area contributed by atoms with Crippen molar-refractivity contribution >= 4 is 34.4 Å². The number of carboxylic acids is 1. The van der Waals surface area contributed by atoms with Crippen LogP contribution in [0.5, 0.6) is 0 Å². The van der Waals surface area contributed by atoms with Gasteiger partial charge in [-0.3, -0.25) is 10.1 Å². The molecule has 0 saturated carbocycles. The van der Waals surface area contributed by atoms with Crippen LogP contribution in [0.2, 0.25) is 0 Å². The summed E-state index contributed by atoms with van der Waals surface area (Å²) in [5.74, 6) is -5.88. The van der Waals surface area contributed by atoms with E-state index >= 15 is 0 Å². The first-order chi connectivity index (χ1) is 16.7. The number of fused-ring (bicyclic) bond motifs is 3. The number of nitrogens with one attached hydrogen (secondary N) is 1. The highest BCUT2D eigenvalue weighted by Gasteiger charge is 2.50. The van der Waals surface area contributed by atoms with E-state index in [2.05, 4.69) is 10.3 Å². The Morgan fingerprint density at radius 1 is 1.11 bits per heavy atom. The summed E-state index contributed by atoms with van der Waals surface area (Å²) in [5, 5.41) is 12.9. The molecule has 1 aromatic heterocycles. The molecular weight excluding hydrogens is 480 g/mol. The Balaban J connectivity index is 1.23. The van der Waals surface area contributed by atoms with Gasteiger partial charge in [0.25, 0.3) is 11.8 Å². The summed E-state index contributed by atoms with van der Waals surface area (Å²) in [6.07, 6.45) is -1.74. The Hall–Kier alpha value is -3.86. The van der Waals surface area contributed by atoms with E-state index in [1.165, 1.54) is 5.38 Å². The third-order valence-electron chi connectivity index (χ3n) is 6.09. The number of thiazole rings is 1. The second kappa shape index (κ2) is 8.73. The van der Waals surface area contributed by atoms with Crippen LogP contribution in [-0.4, -0.2) is 58.1 Å². The highest BCUT2D eigenvalue weighted by Crippen LogP contribution is 2.44. The van der Waals surface area contributed by atoms with Gasteiger partial charge in [-0.2, -0.15) is 0 Å². The lowest BCUT2D eigenvalue weighted by atomic mass is 9.98. The summed E-state index contributed by atoms with van der Waals surface area (Å²) in [7, 11) is 0. The summed E-state index contributed by atoms with van der Waals surface area (Å²) < 4.78 is 32.8. The fourth-order valence-corrected chi connectivity index (χ4v) is 5.22. The second-order valence-corrected chi connectivity index (χ2v) is 9.19. The molecule has 8 nitrogen and oxygen atoms in total. The van der Waals surface area contributed by atoms with Crippen molar-refractivity contribution in [2.75, 3.05) is 18.5 Å². The predicted molar refractivity (Wildman–Crippen MR) is 123 cm³/mol. The van der Waals surface area contributed by atoms with Gasteiger partial charge in [0, 0.05) is 17.7 Å². The maximum absolute atomic E-state index is 13.7. The number of nitrogens with zero attached hydrogens (tertiary/aromatic N) is 2. The first-order valence-corrected chi connectivity index (χ1v) is 11.6. The summed E-state index contributed by atoms with van der Waals surface area (Å²) in [6, 6.07) is 14.1. The fourth-order valence-electron chi connectivity index (χ4n) is 4.55. The molecule has 1 aliphatic heterocycles. The van der Waals surface area contributed by atoms with E-state index in [1.54, 1.807) is 0 Å². The van der Waals surface area contributed by atoms with E-state index in [1.807, 2.05) is 48.5 Å². The SMILES string of the molecule is O=C(Nc1nc(C(=O)N2CC(F)(F)CC2C(=O)O)cs1)OCC1c2ccccc2-c2ccccc21. The Labute approximate surface area is 202 Å². The largest absolute Gasteiger partial charge is 0.480 e. The summed E-state index contributed by atoms with van der Waals surface area (Å²) in [4.78, 5) is 40.9. The molecule has 2 N–H and O–H groups in total. The average Bonchev–Trinajstić information content (AvgIpc) is 3.51. The molecule has 1 unspecified atom stereocenters. The van der Waals surface area contributed by atoms with Gasteiger partial charge in [0.05, 0.1) is 6.54 Å². The van der Waals surface area contributed by atoms with Crippen molar-refractivity contribution in [3.05, 3.63) is 70.7 Å². The van der Waals surface area contributed by atoms with Crippen molar-refractivity contribution in [2.24, 2.45) is 0 Å². The molecule has 2 aliphatic rings.